The molecule has 4 nitrogen and oxygen atoms in total. The van der Waals surface area contributed by atoms with Gasteiger partial charge in [-0.25, -0.2) is 4.39 Å². The molecule has 0 aliphatic rings. The summed E-state index contributed by atoms with van der Waals surface area (Å²) in [7, 11) is 3.78. The van der Waals surface area contributed by atoms with Crippen LogP contribution in [0.1, 0.15) is 18.9 Å². The molecule has 120 valence electrons. The van der Waals surface area contributed by atoms with E-state index in [2.05, 4.69) is 30.2 Å². The van der Waals surface area contributed by atoms with Gasteiger partial charge in [-0.3, -0.25) is 4.68 Å². The zero-order valence-electron chi connectivity index (χ0n) is 13.6. The molecule has 0 fully saturated rings. The van der Waals surface area contributed by atoms with E-state index >= 15 is 0 Å². The molecule has 0 amide bonds. The molecule has 0 aliphatic carbocycles. The molecule has 0 spiro atoms. The third-order valence-electron chi connectivity index (χ3n) is 3.53. The summed E-state index contributed by atoms with van der Waals surface area (Å²) in [5, 5.41) is 4.65. The van der Waals surface area contributed by atoms with E-state index in [9.17, 15) is 4.39 Å². The summed E-state index contributed by atoms with van der Waals surface area (Å²) in [4.78, 5) is 2.27. The molecule has 0 radical (unpaired) electrons. The number of halogens is 1. The molecule has 5 heteroatoms. The summed E-state index contributed by atoms with van der Waals surface area (Å²) in [6, 6.07) is 6.51. The molecule has 2 aromatic rings. The van der Waals surface area contributed by atoms with Crippen LogP contribution < -0.4 is 0 Å². The summed E-state index contributed by atoms with van der Waals surface area (Å²) in [6.07, 6.45) is 3.17. The van der Waals surface area contributed by atoms with Gasteiger partial charge in [0.2, 0.25) is 0 Å². The lowest BCUT2D eigenvalue weighted by atomic mass is 10.1. The van der Waals surface area contributed by atoms with E-state index in [0.29, 0.717) is 13.2 Å². The Kier molecular flexibility index (Phi) is 6.10. The maximum absolute atomic E-state index is 13.1. The minimum absolute atomic E-state index is 0.229. The largest absolute Gasteiger partial charge is 0.383 e. The second-order valence-corrected chi connectivity index (χ2v) is 5.50. The minimum atomic E-state index is -0.229. The molecule has 22 heavy (non-hydrogen) atoms. The molecule has 1 aromatic carbocycles. The van der Waals surface area contributed by atoms with Crippen LogP contribution in [0.4, 0.5) is 4.39 Å². The number of hydrogen-bond acceptors (Lipinski definition) is 3. The van der Waals surface area contributed by atoms with E-state index in [1.807, 2.05) is 4.68 Å². The van der Waals surface area contributed by atoms with Crippen LogP contribution in [-0.2, 0) is 17.8 Å². The fourth-order valence-corrected chi connectivity index (χ4v) is 2.48. The monoisotopic (exact) mass is 305 g/mol. The fourth-order valence-electron chi connectivity index (χ4n) is 2.48. The van der Waals surface area contributed by atoms with Gasteiger partial charge in [0.1, 0.15) is 5.82 Å². The zero-order valence-corrected chi connectivity index (χ0v) is 13.6. The van der Waals surface area contributed by atoms with Crippen LogP contribution >= 0.6 is 0 Å². The number of rotatable bonds is 8. The molecule has 0 saturated carbocycles. The van der Waals surface area contributed by atoms with E-state index in [1.54, 1.807) is 19.2 Å². The van der Waals surface area contributed by atoms with Crippen LogP contribution in [0.2, 0.25) is 0 Å². The van der Waals surface area contributed by atoms with Crippen molar-refractivity contribution in [1.82, 2.24) is 14.7 Å². The SMILES string of the molecule is CCCN(C)Cc1cn(CCOC)nc1-c1ccc(F)cc1. The summed E-state index contributed by atoms with van der Waals surface area (Å²) < 4.78 is 20.2. The van der Waals surface area contributed by atoms with Gasteiger partial charge in [-0.2, -0.15) is 5.10 Å². The number of hydrogen-bond donors (Lipinski definition) is 0. The minimum Gasteiger partial charge on any atom is -0.383 e. The molecular formula is C17H24FN3O. The van der Waals surface area contributed by atoms with Crippen molar-refractivity contribution in [3.8, 4) is 11.3 Å². The van der Waals surface area contributed by atoms with Crippen molar-refractivity contribution in [3.63, 3.8) is 0 Å². The highest BCUT2D eigenvalue weighted by Crippen LogP contribution is 2.23. The molecule has 1 heterocycles. The first-order valence-electron chi connectivity index (χ1n) is 7.63. The lowest BCUT2D eigenvalue weighted by molar-refractivity contribution is 0.183. The third-order valence-corrected chi connectivity index (χ3v) is 3.53. The summed E-state index contributed by atoms with van der Waals surface area (Å²) in [5.74, 6) is -0.229. The van der Waals surface area contributed by atoms with Gasteiger partial charge in [0.25, 0.3) is 0 Å². The smallest absolute Gasteiger partial charge is 0.123 e. The Hall–Kier alpha value is -1.72. The number of nitrogens with zero attached hydrogens (tertiary/aromatic N) is 3. The molecule has 2 rings (SSSR count). The zero-order chi connectivity index (χ0) is 15.9. The molecule has 0 aliphatic heterocycles. The predicted octanol–water partition coefficient (Wildman–Crippen LogP) is 3.18. The molecule has 0 bridgehead atoms. The van der Waals surface area contributed by atoms with Crippen molar-refractivity contribution in [3.05, 3.63) is 41.8 Å². The van der Waals surface area contributed by atoms with E-state index in [0.717, 1.165) is 36.3 Å². The Morgan fingerprint density at radius 2 is 2.00 bits per heavy atom. The first kappa shape index (κ1) is 16.6. The van der Waals surface area contributed by atoms with E-state index in [-0.39, 0.29) is 5.82 Å². The number of ether oxygens (including phenoxy) is 1. The van der Waals surface area contributed by atoms with Gasteiger partial charge in [-0.05, 0) is 44.3 Å². The summed E-state index contributed by atoms with van der Waals surface area (Å²) >= 11 is 0. The second-order valence-electron chi connectivity index (χ2n) is 5.50. The Bertz CT molecular complexity index is 580. The van der Waals surface area contributed by atoms with E-state index in [1.165, 1.54) is 12.1 Å². The van der Waals surface area contributed by atoms with Gasteiger partial charge in [0.15, 0.2) is 0 Å². The quantitative estimate of drug-likeness (QED) is 0.750. The Balaban J connectivity index is 2.28. The van der Waals surface area contributed by atoms with Crippen molar-refractivity contribution >= 4 is 0 Å². The maximum Gasteiger partial charge on any atom is 0.123 e. The van der Waals surface area contributed by atoms with E-state index in [4.69, 9.17) is 4.74 Å². The average molecular weight is 305 g/mol. The van der Waals surface area contributed by atoms with Crippen LogP contribution in [0.15, 0.2) is 30.5 Å². The highest BCUT2D eigenvalue weighted by molar-refractivity contribution is 5.62. The van der Waals surface area contributed by atoms with Gasteiger partial charge in [-0.1, -0.05) is 6.92 Å². The third kappa shape index (κ3) is 4.39. The molecule has 0 atom stereocenters. The summed E-state index contributed by atoms with van der Waals surface area (Å²) in [5.41, 5.74) is 3.01. The van der Waals surface area contributed by atoms with E-state index < -0.39 is 0 Å². The normalized spacial score (nSPS) is 11.3. The topological polar surface area (TPSA) is 30.3 Å². The molecule has 0 N–H and O–H groups in total. The van der Waals surface area contributed by atoms with Gasteiger partial charge < -0.3 is 9.64 Å². The summed E-state index contributed by atoms with van der Waals surface area (Å²) in [6.45, 7) is 5.36. The fraction of sp³-hybridized carbons (Fsp3) is 0.471. The maximum atomic E-state index is 13.1. The van der Waals surface area contributed by atoms with Crippen LogP contribution in [-0.4, -0.2) is 42.0 Å². The van der Waals surface area contributed by atoms with Crippen molar-refractivity contribution < 1.29 is 9.13 Å². The number of benzene rings is 1. The van der Waals surface area contributed by atoms with Crippen LogP contribution in [0.5, 0.6) is 0 Å². The molecule has 0 unspecified atom stereocenters. The van der Waals surface area contributed by atoms with Crippen molar-refractivity contribution in [2.45, 2.75) is 26.4 Å². The van der Waals surface area contributed by atoms with Gasteiger partial charge in [0, 0.05) is 31.0 Å². The number of aromatic nitrogens is 2. The van der Waals surface area contributed by atoms with Crippen LogP contribution in [0.25, 0.3) is 11.3 Å². The van der Waals surface area contributed by atoms with Crippen molar-refractivity contribution in [2.24, 2.45) is 0 Å². The Morgan fingerprint density at radius 3 is 2.64 bits per heavy atom. The van der Waals surface area contributed by atoms with Gasteiger partial charge in [-0.15, -0.1) is 0 Å². The standard InChI is InChI=1S/C17H24FN3O/c1-4-9-20(2)12-15-13-21(10-11-22-3)19-17(15)14-5-7-16(18)8-6-14/h5-8,13H,4,9-12H2,1-3H3. The lowest BCUT2D eigenvalue weighted by Crippen LogP contribution is -2.18. The second kappa shape index (κ2) is 8.06. The Labute approximate surface area is 131 Å². The molecular weight excluding hydrogens is 281 g/mol. The highest BCUT2D eigenvalue weighted by atomic mass is 19.1. The highest BCUT2D eigenvalue weighted by Gasteiger charge is 2.13. The first-order chi connectivity index (χ1) is 10.6. The first-order valence-corrected chi connectivity index (χ1v) is 7.63. The molecule has 1 aromatic heterocycles. The lowest BCUT2D eigenvalue weighted by Gasteiger charge is -2.15. The molecule has 0 saturated heterocycles. The van der Waals surface area contributed by atoms with Crippen molar-refractivity contribution in [1.29, 1.82) is 0 Å². The Morgan fingerprint density at radius 1 is 1.27 bits per heavy atom. The van der Waals surface area contributed by atoms with Crippen molar-refractivity contribution in [2.75, 3.05) is 27.3 Å². The van der Waals surface area contributed by atoms with Gasteiger partial charge in [0.05, 0.1) is 18.8 Å². The van der Waals surface area contributed by atoms with Crippen LogP contribution in [0.3, 0.4) is 0 Å². The number of methoxy groups -OCH3 is 1. The average Bonchev–Trinajstić information content (AvgIpc) is 2.89. The predicted molar refractivity (Wildman–Crippen MR) is 86.1 cm³/mol. The van der Waals surface area contributed by atoms with Crippen LogP contribution in [0, 0.1) is 5.82 Å². The van der Waals surface area contributed by atoms with Gasteiger partial charge >= 0.3 is 0 Å².